The summed E-state index contributed by atoms with van der Waals surface area (Å²) in [7, 11) is 1.68. The number of para-hydroxylation sites is 1. The fraction of sp³-hybridized carbons (Fsp3) is 0.0741. The van der Waals surface area contributed by atoms with E-state index in [-0.39, 0.29) is 0 Å². The summed E-state index contributed by atoms with van der Waals surface area (Å²) in [4.78, 5) is 5.80. The molecule has 0 saturated heterocycles. The lowest BCUT2D eigenvalue weighted by atomic mass is 10.2. The first-order valence-corrected chi connectivity index (χ1v) is 11.1. The van der Waals surface area contributed by atoms with Gasteiger partial charge in [0.2, 0.25) is 0 Å². The van der Waals surface area contributed by atoms with Gasteiger partial charge in [0.15, 0.2) is 0 Å². The first-order chi connectivity index (χ1) is 15.8. The molecule has 1 N–H and O–H groups in total. The van der Waals surface area contributed by atoms with Gasteiger partial charge in [0.25, 0.3) is 0 Å². The Balaban J connectivity index is 0.000000306. The summed E-state index contributed by atoms with van der Waals surface area (Å²) in [5.41, 5.74) is 6.54. The monoisotopic (exact) mass is 435 g/mol. The number of benzene rings is 2. The molecule has 3 aromatic heterocycles. The number of hydrogen-bond acceptors (Lipinski definition) is 4. The SMILES string of the molecule is C#Cc1ccsc1-c1nc2ccccn2c1NCc1ccccc1OC.c1cc2cc-2c1. The van der Waals surface area contributed by atoms with E-state index in [4.69, 9.17) is 16.1 Å². The lowest BCUT2D eigenvalue weighted by Gasteiger charge is -2.11. The van der Waals surface area contributed by atoms with Gasteiger partial charge in [-0.3, -0.25) is 4.40 Å². The Morgan fingerprint density at radius 1 is 1.03 bits per heavy atom. The third kappa shape index (κ3) is 3.84. The molecule has 0 saturated carbocycles. The Labute approximate surface area is 191 Å². The molecular formula is C27H21N3OS. The molecule has 0 atom stereocenters. The number of pyridine rings is 1. The second-order valence-corrected chi connectivity index (χ2v) is 8.21. The molecule has 0 unspecified atom stereocenters. The summed E-state index contributed by atoms with van der Waals surface area (Å²) in [6.45, 7) is 0.621. The second kappa shape index (κ2) is 8.62. The van der Waals surface area contributed by atoms with Crippen LogP contribution in [0, 0.1) is 12.3 Å². The van der Waals surface area contributed by atoms with Crippen molar-refractivity contribution in [1.82, 2.24) is 9.38 Å². The molecule has 1 aromatic carbocycles. The van der Waals surface area contributed by atoms with Crippen LogP contribution < -0.4 is 10.1 Å². The Morgan fingerprint density at radius 2 is 1.84 bits per heavy atom. The van der Waals surface area contributed by atoms with E-state index >= 15 is 0 Å². The third-order valence-corrected chi connectivity index (χ3v) is 6.24. The number of ether oxygens (including phenoxy) is 1. The van der Waals surface area contributed by atoms with Crippen molar-refractivity contribution < 1.29 is 4.74 Å². The van der Waals surface area contributed by atoms with E-state index in [2.05, 4.69) is 35.5 Å². The van der Waals surface area contributed by atoms with Crippen LogP contribution in [-0.2, 0) is 6.54 Å². The van der Waals surface area contributed by atoms with E-state index in [1.54, 1.807) is 18.4 Å². The van der Waals surface area contributed by atoms with Crippen molar-refractivity contribution in [3.63, 3.8) is 0 Å². The zero-order valence-corrected chi connectivity index (χ0v) is 18.4. The van der Waals surface area contributed by atoms with Crippen LogP contribution in [0.1, 0.15) is 11.1 Å². The first-order valence-electron chi connectivity index (χ1n) is 10.3. The molecule has 0 spiro atoms. The van der Waals surface area contributed by atoms with Gasteiger partial charge in [-0.05, 0) is 46.8 Å². The minimum absolute atomic E-state index is 0.621. The zero-order valence-electron chi connectivity index (χ0n) is 17.6. The standard InChI is InChI=1S/C21H17N3OS.C6H4/c1-3-15-11-13-26-20(15)19-21(24-12-7-6-10-18(24)23-19)22-14-16-8-4-5-9-17(16)25-2;1-2-5-4-6(5)3-1/h1,4-13,22H,14H2,2H3;1-4H. The maximum Gasteiger partial charge on any atom is 0.140 e. The number of rotatable bonds is 5. The molecule has 0 amide bonds. The van der Waals surface area contributed by atoms with Crippen LogP contribution >= 0.6 is 11.3 Å². The summed E-state index contributed by atoms with van der Waals surface area (Å²) in [5.74, 6) is 4.53. The Morgan fingerprint density at radius 3 is 2.56 bits per heavy atom. The van der Waals surface area contributed by atoms with E-state index < -0.39 is 0 Å². The predicted octanol–water partition coefficient (Wildman–Crippen LogP) is 6.33. The van der Waals surface area contributed by atoms with Crippen LogP contribution in [-0.4, -0.2) is 16.5 Å². The smallest absolute Gasteiger partial charge is 0.140 e. The van der Waals surface area contributed by atoms with Crippen LogP contribution in [0.3, 0.4) is 0 Å². The number of fused-ring (bicyclic) bond motifs is 2. The molecule has 2 aliphatic carbocycles. The summed E-state index contributed by atoms with van der Waals surface area (Å²) < 4.78 is 7.50. The molecule has 5 heteroatoms. The number of nitrogens with zero attached hydrogens (tertiary/aromatic N) is 2. The highest BCUT2D eigenvalue weighted by Gasteiger charge is 2.17. The number of terminal acetylenes is 1. The minimum Gasteiger partial charge on any atom is -0.496 e. The fourth-order valence-corrected chi connectivity index (χ4v) is 4.48. The van der Waals surface area contributed by atoms with Gasteiger partial charge in [-0.2, -0.15) is 0 Å². The number of imidazole rings is 1. The second-order valence-electron chi connectivity index (χ2n) is 7.29. The molecule has 32 heavy (non-hydrogen) atoms. The molecular weight excluding hydrogens is 414 g/mol. The van der Waals surface area contributed by atoms with Crippen molar-refractivity contribution in [3.8, 4) is 39.8 Å². The van der Waals surface area contributed by atoms with Gasteiger partial charge in [-0.1, -0.05) is 48.4 Å². The van der Waals surface area contributed by atoms with E-state index in [9.17, 15) is 0 Å². The lowest BCUT2D eigenvalue weighted by Crippen LogP contribution is -2.04. The highest BCUT2D eigenvalue weighted by atomic mass is 32.1. The summed E-state index contributed by atoms with van der Waals surface area (Å²) >= 11 is 1.60. The topological polar surface area (TPSA) is 38.6 Å². The van der Waals surface area contributed by atoms with Crippen molar-refractivity contribution >= 4 is 22.8 Å². The average Bonchev–Trinajstić information content (AvgIpc) is 3.20. The van der Waals surface area contributed by atoms with Gasteiger partial charge in [0.1, 0.15) is 22.9 Å². The molecule has 0 radical (unpaired) electrons. The van der Waals surface area contributed by atoms with Gasteiger partial charge in [-0.15, -0.1) is 17.8 Å². The molecule has 6 rings (SSSR count). The zero-order chi connectivity index (χ0) is 21.9. The van der Waals surface area contributed by atoms with Gasteiger partial charge in [-0.25, -0.2) is 4.98 Å². The third-order valence-electron chi connectivity index (χ3n) is 5.32. The number of nitrogens with one attached hydrogen (secondary N) is 1. The van der Waals surface area contributed by atoms with Gasteiger partial charge >= 0.3 is 0 Å². The quantitative estimate of drug-likeness (QED) is 0.322. The minimum atomic E-state index is 0.621. The number of anilines is 1. The van der Waals surface area contributed by atoms with Crippen molar-refractivity contribution in [2.75, 3.05) is 12.4 Å². The van der Waals surface area contributed by atoms with Gasteiger partial charge < -0.3 is 10.1 Å². The molecule has 2 aliphatic rings. The van der Waals surface area contributed by atoms with Crippen LogP contribution in [0.15, 0.2) is 84.4 Å². The summed E-state index contributed by atoms with van der Waals surface area (Å²) in [6, 6.07) is 24.4. The van der Waals surface area contributed by atoms with Crippen LogP contribution in [0.2, 0.25) is 0 Å². The Bertz CT molecular complexity index is 1420. The molecule has 0 bridgehead atoms. The lowest BCUT2D eigenvalue weighted by molar-refractivity contribution is 0.410. The van der Waals surface area contributed by atoms with Crippen molar-refractivity contribution in [2.45, 2.75) is 6.54 Å². The number of hydrogen-bond donors (Lipinski definition) is 1. The Kier molecular flexibility index (Phi) is 5.37. The first kappa shape index (κ1) is 19.9. The molecule has 0 aliphatic heterocycles. The van der Waals surface area contributed by atoms with E-state index in [0.717, 1.165) is 38.9 Å². The number of aromatic nitrogens is 2. The average molecular weight is 436 g/mol. The summed E-state index contributed by atoms with van der Waals surface area (Å²) in [5, 5.41) is 5.52. The van der Waals surface area contributed by atoms with Crippen molar-refractivity contribution in [3.05, 3.63) is 95.5 Å². The molecule has 4 aromatic rings. The Hall–Kier alpha value is -4.01. The largest absolute Gasteiger partial charge is 0.496 e. The van der Waals surface area contributed by atoms with E-state index in [1.165, 1.54) is 11.1 Å². The normalized spacial score (nSPS) is 10.8. The highest BCUT2D eigenvalue weighted by molar-refractivity contribution is 7.13. The highest BCUT2D eigenvalue weighted by Crippen LogP contribution is 2.35. The van der Waals surface area contributed by atoms with E-state index in [1.807, 2.05) is 64.5 Å². The van der Waals surface area contributed by atoms with Gasteiger partial charge in [0, 0.05) is 23.9 Å². The summed E-state index contributed by atoms with van der Waals surface area (Å²) in [6.07, 6.45) is 7.66. The van der Waals surface area contributed by atoms with Crippen molar-refractivity contribution in [1.29, 1.82) is 0 Å². The van der Waals surface area contributed by atoms with Crippen molar-refractivity contribution in [2.24, 2.45) is 0 Å². The molecule has 4 nitrogen and oxygen atoms in total. The number of thiophene rings is 1. The van der Waals surface area contributed by atoms with Crippen LogP contribution in [0.25, 0.3) is 27.3 Å². The number of methoxy groups -OCH3 is 1. The molecule has 0 fully saturated rings. The van der Waals surface area contributed by atoms with E-state index in [0.29, 0.717) is 6.54 Å². The molecule has 156 valence electrons. The molecule has 3 heterocycles. The maximum atomic E-state index is 5.66. The predicted molar refractivity (Wildman–Crippen MR) is 132 cm³/mol. The van der Waals surface area contributed by atoms with Crippen LogP contribution in [0.5, 0.6) is 5.75 Å². The fourth-order valence-electron chi connectivity index (χ4n) is 3.63. The van der Waals surface area contributed by atoms with Gasteiger partial charge in [0.05, 0.1) is 12.0 Å². The maximum absolute atomic E-state index is 5.66. The van der Waals surface area contributed by atoms with Crippen LogP contribution in [0.4, 0.5) is 5.82 Å².